The number of aliphatic imine (C=N–C) groups is 1. The second-order valence-corrected chi connectivity index (χ2v) is 9.27. The Morgan fingerprint density at radius 3 is 2.31 bits per heavy atom. The SMILES string of the molecule is O=C1C(C2=N[C@@H](c3ccccn3)[C@H]3C(=O)N(c4ccc(Cl)cc4Cl)C(=O)[C@@H]23)=C(O)c2ccccc21. The molecular formula is C26H15Cl2N3O4. The fraction of sp³-hybridized carbons (Fsp3) is 0.115. The van der Waals surface area contributed by atoms with Crippen molar-refractivity contribution >= 4 is 58.0 Å². The van der Waals surface area contributed by atoms with Crippen LogP contribution in [0.25, 0.3) is 5.76 Å². The number of amides is 2. The summed E-state index contributed by atoms with van der Waals surface area (Å²) in [5, 5.41) is 11.5. The molecule has 2 aliphatic heterocycles. The molecule has 0 spiro atoms. The Morgan fingerprint density at radius 2 is 1.63 bits per heavy atom. The summed E-state index contributed by atoms with van der Waals surface area (Å²) in [6, 6.07) is 15.5. The zero-order valence-electron chi connectivity index (χ0n) is 17.9. The maximum Gasteiger partial charge on any atom is 0.243 e. The number of anilines is 1. The Bertz CT molecular complexity index is 1520. The second-order valence-electron chi connectivity index (χ2n) is 8.42. The fourth-order valence-electron chi connectivity index (χ4n) is 5.03. The second kappa shape index (κ2) is 7.86. The number of nitrogens with zero attached hydrogens (tertiary/aromatic N) is 3. The van der Waals surface area contributed by atoms with Crippen LogP contribution >= 0.6 is 23.2 Å². The molecule has 6 rings (SSSR count). The van der Waals surface area contributed by atoms with Gasteiger partial charge in [0.2, 0.25) is 11.8 Å². The van der Waals surface area contributed by atoms with Crippen LogP contribution in [0.3, 0.4) is 0 Å². The molecule has 7 nitrogen and oxygen atoms in total. The number of Topliss-reactive ketones (excluding diaryl/α,β-unsaturated/α-hetero) is 1. The van der Waals surface area contributed by atoms with Crippen molar-refractivity contribution in [3.05, 3.63) is 99.3 Å². The lowest BCUT2D eigenvalue weighted by molar-refractivity contribution is -0.122. The highest BCUT2D eigenvalue weighted by Crippen LogP contribution is 2.49. The molecule has 1 aliphatic carbocycles. The van der Waals surface area contributed by atoms with Gasteiger partial charge in [0.15, 0.2) is 5.78 Å². The van der Waals surface area contributed by atoms with Crippen molar-refractivity contribution in [2.24, 2.45) is 16.8 Å². The van der Waals surface area contributed by atoms with Crippen molar-refractivity contribution in [3.8, 4) is 0 Å². The van der Waals surface area contributed by atoms with Gasteiger partial charge >= 0.3 is 0 Å². The van der Waals surface area contributed by atoms with Crippen LogP contribution < -0.4 is 4.90 Å². The number of carbonyl (C=O) groups is 3. The molecule has 1 N–H and O–H groups in total. The largest absolute Gasteiger partial charge is 0.506 e. The Morgan fingerprint density at radius 1 is 0.886 bits per heavy atom. The molecule has 0 unspecified atom stereocenters. The van der Waals surface area contributed by atoms with Gasteiger partial charge in [0.05, 0.1) is 39.5 Å². The molecule has 3 heterocycles. The average Bonchev–Trinajstić information content (AvgIpc) is 3.45. The van der Waals surface area contributed by atoms with Crippen molar-refractivity contribution < 1.29 is 19.5 Å². The first-order valence-electron chi connectivity index (χ1n) is 10.8. The zero-order valence-corrected chi connectivity index (χ0v) is 19.4. The lowest BCUT2D eigenvalue weighted by Crippen LogP contribution is -2.34. The van der Waals surface area contributed by atoms with Gasteiger partial charge in [-0.25, -0.2) is 4.90 Å². The first-order valence-corrected chi connectivity index (χ1v) is 11.5. The van der Waals surface area contributed by atoms with E-state index in [4.69, 9.17) is 23.2 Å². The summed E-state index contributed by atoms with van der Waals surface area (Å²) in [5.41, 5.74) is 1.36. The number of pyridine rings is 1. The number of carbonyl (C=O) groups excluding carboxylic acids is 3. The van der Waals surface area contributed by atoms with E-state index in [1.165, 1.54) is 18.2 Å². The summed E-state index contributed by atoms with van der Waals surface area (Å²) in [6.07, 6.45) is 1.57. The third kappa shape index (κ3) is 3.08. The number of fused-ring (bicyclic) bond motifs is 2. The minimum Gasteiger partial charge on any atom is -0.506 e. The van der Waals surface area contributed by atoms with Crippen molar-refractivity contribution in [2.45, 2.75) is 6.04 Å². The summed E-state index contributed by atoms with van der Waals surface area (Å²) in [7, 11) is 0. The Labute approximate surface area is 209 Å². The maximum absolute atomic E-state index is 13.8. The number of hydrogen-bond acceptors (Lipinski definition) is 6. The van der Waals surface area contributed by atoms with Crippen LogP contribution in [-0.2, 0) is 9.59 Å². The summed E-state index contributed by atoms with van der Waals surface area (Å²) in [5.74, 6) is -3.83. The van der Waals surface area contributed by atoms with Crippen LogP contribution in [0, 0.1) is 11.8 Å². The number of halogens is 2. The number of aliphatic hydroxyl groups is 1. The van der Waals surface area contributed by atoms with E-state index in [2.05, 4.69) is 9.98 Å². The van der Waals surface area contributed by atoms with Gasteiger partial charge in [0.1, 0.15) is 11.8 Å². The highest BCUT2D eigenvalue weighted by molar-refractivity contribution is 6.44. The van der Waals surface area contributed by atoms with Gasteiger partial charge in [-0.15, -0.1) is 0 Å². The van der Waals surface area contributed by atoms with E-state index in [0.717, 1.165) is 4.90 Å². The Balaban J connectivity index is 1.52. The lowest BCUT2D eigenvalue weighted by atomic mass is 9.84. The van der Waals surface area contributed by atoms with Gasteiger partial charge in [0, 0.05) is 22.3 Å². The molecule has 1 saturated heterocycles. The van der Waals surface area contributed by atoms with Crippen LogP contribution in [-0.4, -0.2) is 33.4 Å². The number of benzene rings is 2. The van der Waals surface area contributed by atoms with E-state index < -0.39 is 35.5 Å². The van der Waals surface area contributed by atoms with Gasteiger partial charge in [-0.3, -0.25) is 24.4 Å². The third-order valence-corrected chi connectivity index (χ3v) is 7.09. The molecule has 172 valence electrons. The van der Waals surface area contributed by atoms with Gasteiger partial charge < -0.3 is 5.11 Å². The number of imide groups is 1. The predicted octanol–water partition coefficient (Wildman–Crippen LogP) is 4.86. The van der Waals surface area contributed by atoms with E-state index >= 15 is 0 Å². The predicted molar refractivity (Wildman–Crippen MR) is 131 cm³/mol. The summed E-state index contributed by atoms with van der Waals surface area (Å²) in [4.78, 5) is 50.8. The molecule has 0 saturated carbocycles. The Hall–Kier alpha value is -3.81. The number of ketones is 1. The molecule has 9 heteroatoms. The van der Waals surface area contributed by atoms with Crippen molar-refractivity contribution in [1.29, 1.82) is 0 Å². The molecule has 3 aliphatic rings. The van der Waals surface area contributed by atoms with E-state index in [0.29, 0.717) is 21.8 Å². The number of aromatic nitrogens is 1. The van der Waals surface area contributed by atoms with Crippen LogP contribution in [0.15, 0.2) is 77.4 Å². The molecule has 3 atom stereocenters. The van der Waals surface area contributed by atoms with Crippen molar-refractivity contribution in [3.63, 3.8) is 0 Å². The van der Waals surface area contributed by atoms with Crippen LogP contribution in [0.4, 0.5) is 5.69 Å². The molecule has 1 fully saturated rings. The standard InChI is InChI=1S/C26H15Cl2N3O4/c27-12-8-9-17(15(28)11-12)31-25(34)18-19(26(31)35)22(30-21(18)16-7-3-4-10-29-16)20-23(32)13-5-1-2-6-14(13)24(20)33/h1-11,18-19,21,32H/t18-,19+,21-/m0/s1. The van der Waals surface area contributed by atoms with Crippen LogP contribution in [0.2, 0.25) is 10.0 Å². The molecule has 35 heavy (non-hydrogen) atoms. The normalized spacial score (nSPS) is 23.1. The molecular weight excluding hydrogens is 489 g/mol. The molecule has 2 aromatic carbocycles. The first-order chi connectivity index (χ1) is 16.9. The highest BCUT2D eigenvalue weighted by Gasteiger charge is 2.60. The van der Waals surface area contributed by atoms with Crippen molar-refractivity contribution in [2.75, 3.05) is 4.90 Å². The monoisotopic (exact) mass is 503 g/mol. The van der Waals surface area contributed by atoms with Crippen LogP contribution in [0.1, 0.15) is 27.7 Å². The van der Waals surface area contributed by atoms with E-state index in [1.54, 1.807) is 48.7 Å². The minimum absolute atomic E-state index is 0.0650. The summed E-state index contributed by atoms with van der Waals surface area (Å²) >= 11 is 12.4. The van der Waals surface area contributed by atoms with Crippen molar-refractivity contribution in [1.82, 2.24) is 4.98 Å². The van der Waals surface area contributed by atoms with Gasteiger partial charge in [-0.05, 0) is 30.3 Å². The van der Waals surface area contributed by atoms with E-state index in [9.17, 15) is 19.5 Å². The van der Waals surface area contributed by atoms with Gasteiger partial charge in [-0.2, -0.15) is 0 Å². The zero-order chi connectivity index (χ0) is 24.4. The first kappa shape index (κ1) is 21.7. The quantitative estimate of drug-likeness (QED) is 0.514. The number of hydrogen-bond donors (Lipinski definition) is 1. The highest BCUT2D eigenvalue weighted by atomic mass is 35.5. The molecule has 3 aromatic rings. The van der Waals surface area contributed by atoms with E-state index in [1.807, 2.05) is 0 Å². The average molecular weight is 504 g/mol. The fourth-order valence-corrected chi connectivity index (χ4v) is 5.52. The Kier molecular flexibility index (Phi) is 4.88. The maximum atomic E-state index is 13.8. The minimum atomic E-state index is -1.09. The topological polar surface area (TPSA) is 99.9 Å². The van der Waals surface area contributed by atoms with Gasteiger partial charge in [-0.1, -0.05) is 53.5 Å². The summed E-state index contributed by atoms with van der Waals surface area (Å²) in [6.45, 7) is 0. The molecule has 0 bridgehead atoms. The third-order valence-electron chi connectivity index (χ3n) is 6.55. The van der Waals surface area contributed by atoms with Crippen LogP contribution in [0.5, 0.6) is 0 Å². The molecule has 1 aromatic heterocycles. The van der Waals surface area contributed by atoms with E-state index in [-0.39, 0.29) is 27.8 Å². The molecule has 0 radical (unpaired) electrons. The number of rotatable bonds is 3. The number of allylic oxidation sites excluding steroid dienone is 1. The number of aliphatic hydroxyl groups excluding tert-OH is 1. The smallest absolute Gasteiger partial charge is 0.243 e. The molecule has 2 amide bonds. The van der Waals surface area contributed by atoms with Gasteiger partial charge in [0.25, 0.3) is 0 Å². The lowest BCUT2D eigenvalue weighted by Gasteiger charge is -2.19. The summed E-state index contributed by atoms with van der Waals surface area (Å²) < 4.78 is 0.